The molecule has 90 valence electrons. The van der Waals surface area contributed by atoms with E-state index < -0.39 is 11.9 Å². The highest BCUT2D eigenvalue weighted by molar-refractivity contribution is 5.73. The SMILES string of the molecule is CC(C)Oc1ccc(CC(C#N)C(=O)O)cc1. The van der Waals surface area contributed by atoms with Crippen LogP contribution in [-0.4, -0.2) is 17.2 Å². The molecule has 0 amide bonds. The van der Waals surface area contributed by atoms with Crippen molar-refractivity contribution < 1.29 is 14.6 Å². The molecule has 1 atom stereocenters. The summed E-state index contributed by atoms with van der Waals surface area (Å²) >= 11 is 0. The van der Waals surface area contributed by atoms with Crippen LogP contribution in [0, 0.1) is 17.2 Å². The quantitative estimate of drug-likeness (QED) is 0.846. The van der Waals surface area contributed by atoms with Crippen LogP contribution in [0.15, 0.2) is 24.3 Å². The summed E-state index contributed by atoms with van der Waals surface area (Å²) in [5, 5.41) is 17.4. The Bertz CT molecular complexity index is 417. The molecule has 4 heteroatoms. The molecule has 0 aliphatic carbocycles. The monoisotopic (exact) mass is 233 g/mol. The van der Waals surface area contributed by atoms with E-state index in [1.54, 1.807) is 30.3 Å². The van der Waals surface area contributed by atoms with Gasteiger partial charge >= 0.3 is 5.97 Å². The van der Waals surface area contributed by atoms with Gasteiger partial charge in [-0.2, -0.15) is 5.26 Å². The van der Waals surface area contributed by atoms with Gasteiger partial charge in [0.25, 0.3) is 0 Å². The van der Waals surface area contributed by atoms with Crippen LogP contribution in [0.5, 0.6) is 5.75 Å². The Labute approximate surface area is 100 Å². The first-order chi connectivity index (χ1) is 8.02. The average molecular weight is 233 g/mol. The molecular weight excluding hydrogens is 218 g/mol. The van der Waals surface area contributed by atoms with Crippen molar-refractivity contribution in [2.45, 2.75) is 26.4 Å². The molecule has 1 aromatic rings. The molecular formula is C13H15NO3. The largest absolute Gasteiger partial charge is 0.491 e. The summed E-state index contributed by atoms with van der Waals surface area (Å²) in [5.41, 5.74) is 0.815. The van der Waals surface area contributed by atoms with E-state index in [0.29, 0.717) is 0 Å². The number of carboxylic acid groups (broad SMARTS) is 1. The van der Waals surface area contributed by atoms with E-state index >= 15 is 0 Å². The van der Waals surface area contributed by atoms with Gasteiger partial charge in [0, 0.05) is 0 Å². The van der Waals surface area contributed by atoms with Gasteiger partial charge in [-0.15, -0.1) is 0 Å². The molecule has 1 unspecified atom stereocenters. The zero-order valence-electron chi connectivity index (χ0n) is 9.88. The van der Waals surface area contributed by atoms with Crippen LogP contribution in [-0.2, 0) is 11.2 Å². The molecule has 0 radical (unpaired) electrons. The number of aliphatic carboxylic acids is 1. The number of hydrogen-bond acceptors (Lipinski definition) is 3. The van der Waals surface area contributed by atoms with Gasteiger partial charge in [-0.05, 0) is 38.0 Å². The van der Waals surface area contributed by atoms with Gasteiger partial charge in [0.2, 0.25) is 0 Å². The number of ether oxygens (including phenoxy) is 1. The minimum Gasteiger partial charge on any atom is -0.491 e. The molecule has 0 aliphatic heterocycles. The molecule has 0 spiro atoms. The molecule has 17 heavy (non-hydrogen) atoms. The van der Waals surface area contributed by atoms with Gasteiger partial charge in [-0.1, -0.05) is 12.1 Å². The lowest BCUT2D eigenvalue weighted by molar-refractivity contribution is -0.139. The zero-order valence-corrected chi connectivity index (χ0v) is 9.88. The minimum absolute atomic E-state index is 0.103. The zero-order chi connectivity index (χ0) is 12.8. The molecule has 0 fully saturated rings. The third-order valence-electron chi connectivity index (χ3n) is 2.19. The number of carboxylic acids is 1. The summed E-state index contributed by atoms with van der Waals surface area (Å²) in [4.78, 5) is 10.7. The normalized spacial score (nSPS) is 11.9. The number of hydrogen-bond donors (Lipinski definition) is 1. The van der Waals surface area contributed by atoms with Crippen molar-refractivity contribution in [3.05, 3.63) is 29.8 Å². The van der Waals surface area contributed by atoms with E-state index in [2.05, 4.69) is 0 Å². The summed E-state index contributed by atoms with van der Waals surface area (Å²) < 4.78 is 5.47. The number of nitriles is 1. The highest BCUT2D eigenvalue weighted by Gasteiger charge is 2.16. The molecule has 0 bridgehead atoms. The fourth-order valence-corrected chi connectivity index (χ4v) is 1.40. The Morgan fingerprint density at radius 2 is 2.00 bits per heavy atom. The Hall–Kier alpha value is -2.02. The highest BCUT2D eigenvalue weighted by atomic mass is 16.5. The maximum absolute atomic E-state index is 10.7. The third-order valence-corrected chi connectivity index (χ3v) is 2.19. The molecule has 0 saturated heterocycles. The minimum atomic E-state index is -1.09. The number of carbonyl (C=O) groups is 1. The lowest BCUT2D eigenvalue weighted by atomic mass is 10.0. The second-order valence-corrected chi connectivity index (χ2v) is 4.03. The fourth-order valence-electron chi connectivity index (χ4n) is 1.40. The van der Waals surface area contributed by atoms with E-state index in [9.17, 15) is 4.79 Å². The van der Waals surface area contributed by atoms with Gasteiger partial charge in [-0.3, -0.25) is 4.79 Å². The predicted octanol–water partition coefficient (Wildman–Crippen LogP) is 2.24. The van der Waals surface area contributed by atoms with Crippen molar-refractivity contribution >= 4 is 5.97 Å². The molecule has 0 aliphatic rings. The van der Waals surface area contributed by atoms with Crippen LogP contribution in [0.25, 0.3) is 0 Å². The van der Waals surface area contributed by atoms with Crippen molar-refractivity contribution in [2.75, 3.05) is 0 Å². The first-order valence-corrected chi connectivity index (χ1v) is 5.41. The molecule has 0 saturated carbocycles. The van der Waals surface area contributed by atoms with Crippen LogP contribution < -0.4 is 4.74 Å². The predicted molar refractivity (Wildman–Crippen MR) is 62.6 cm³/mol. The van der Waals surface area contributed by atoms with Crippen molar-refractivity contribution in [3.8, 4) is 11.8 Å². The van der Waals surface area contributed by atoms with Crippen molar-refractivity contribution in [2.24, 2.45) is 5.92 Å². The lowest BCUT2D eigenvalue weighted by Gasteiger charge is -2.10. The first-order valence-electron chi connectivity index (χ1n) is 5.41. The standard InChI is InChI=1S/C13H15NO3/c1-9(2)17-12-5-3-10(4-6-12)7-11(8-14)13(15)16/h3-6,9,11H,7H2,1-2H3,(H,15,16). The van der Waals surface area contributed by atoms with Gasteiger partial charge in [0.1, 0.15) is 11.7 Å². The highest BCUT2D eigenvalue weighted by Crippen LogP contribution is 2.16. The summed E-state index contributed by atoms with van der Waals surface area (Å²) in [6.45, 7) is 3.87. The summed E-state index contributed by atoms with van der Waals surface area (Å²) in [6, 6.07) is 8.90. The number of rotatable bonds is 5. The Kier molecular flexibility index (Phi) is 4.53. The Balaban J connectivity index is 2.68. The van der Waals surface area contributed by atoms with E-state index in [1.807, 2.05) is 13.8 Å². The molecule has 0 aromatic heterocycles. The van der Waals surface area contributed by atoms with Crippen LogP contribution >= 0.6 is 0 Å². The molecule has 0 heterocycles. The van der Waals surface area contributed by atoms with E-state index in [4.69, 9.17) is 15.1 Å². The maximum Gasteiger partial charge on any atom is 0.321 e. The third kappa shape index (κ3) is 4.15. The van der Waals surface area contributed by atoms with Gasteiger partial charge in [-0.25, -0.2) is 0 Å². The maximum atomic E-state index is 10.7. The van der Waals surface area contributed by atoms with E-state index in [0.717, 1.165) is 11.3 Å². The van der Waals surface area contributed by atoms with Crippen LogP contribution in [0.1, 0.15) is 19.4 Å². The number of nitrogens with zero attached hydrogens (tertiary/aromatic N) is 1. The first kappa shape index (κ1) is 13.0. The van der Waals surface area contributed by atoms with Gasteiger partial charge in [0.15, 0.2) is 0 Å². The van der Waals surface area contributed by atoms with Crippen LogP contribution in [0.2, 0.25) is 0 Å². The van der Waals surface area contributed by atoms with Crippen LogP contribution in [0.4, 0.5) is 0 Å². The Morgan fingerprint density at radius 1 is 1.41 bits per heavy atom. The van der Waals surface area contributed by atoms with Gasteiger partial charge < -0.3 is 9.84 Å². The number of benzene rings is 1. The summed E-state index contributed by atoms with van der Waals surface area (Å²) in [5.74, 6) is -1.34. The van der Waals surface area contributed by atoms with Crippen molar-refractivity contribution in [3.63, 3.8) is 0 Å². The lowest BCUT2D eigenvalue weighted by Crippen LogP contribution is -2.14. The second-order valence-electron chi connectivity index (χ2n) is 4.03. The van der Waals surface area contributed by atoms with Crippen molar-refractivity contribution in [1.82, 2.24) is 0 Å². The molecule has 1 N–H and O–H groups in total. The Morgan fingerprint density at radius 3 is 2.41 bits per heavy atom. The summed E-state index contributed by atoms with van der Waals surface area (Å²) in [6.07, 6.45) is 0.320. The second kappa shape index (κ2) is 5.90. The average Bonchev–Trinajstić information content (AvgIpc) is 2.26. The van der Waals surface area contributed by atoms with E-state index in [-0.39, 0.29) is 12.5 Å². The summed E-state index contributed by atoms with van der Waals surface area (Å²) in [7, 11) is 0. The van der Waals surface area contributed by atoms with Crippen molar-refractivity contribution in [1.29, 1.82) is 5.26 Å². The van der Waals surface area contributed by atoms with Crippen LogP contribution in [0.3, 0.4) is 0 Å². The molecule has 1 aromatic carbocycles. The smallest absolute Gasteiger partial charge is 0.321 e. The molecule has 4 nitrogen and oxygen atoms in total. The topological polar surface area (TPSA) is 70.3 Å². The fraction of sp³-hybridized carbons (Fsp3) is 0.385. The molecule has 1 rings (SSSR count). The van der Waals surface area contributed by atoms with Gasteiger partial charge in [0.05, 0.1) is 12.2 Å². The van der Waals surface area contributed by atoms with E-state index in [1.165, 1.54) is 0 Å².